The van der Waals surface area contributed by atoms with Crippen LogP contribution in [0.1, 0.15) is 49.1 Å². The smallest absolute Gasteiger partial charge is 0.119 e. The van der Waals surface area contributed by atoms with Crippen LogP contribution >= 0.6 is 0 Å². The van der Waals surface area contributed by atoms with Gasteiger partial charge in [-0.3, -0.25) is 15.0 Å². The van der Waals surface area contributed by atoms with Crippen molar-refractivity contribution in [3.63, 3.8) is 0 Å². The summed E-state index contributed by atoms with van der Waals surface area (Å²) in [5, 5.41) is 7.04. The summed E-state index contributed by atoms with van der Waals surface area (Å²) in [5.41, 5.74) is 4.63. The SMILES string of the molecule is C=C1c2ncccc2C(c2ccccn2)=NN1C1CCCCC1. The number of hydrogen-bond donors (Lipinski definition) is 0. The Kier molecular flexibility index (Phi) is 3.66. The van der Waals surface area contributed by atoms with Crippen molar-refractivity contribution in [1.29, 1.82) is 0 Å². The largest absolute Gasteiger partial charge is 0.260 e. The highest BCUT2D eigenvalue weighted by Crippen LogP contribution is 2.33. The lowest BCUT2D eigenvalue weighted by Crippen LogP contribution is -2.35. The zero-order valence-corrected chi connectivity index (χ0v) is 13.2. The molecule has 0 radical (unpaired) electrons. The minimum Gasteiger partial charge on any atom is -0.260 e. The van der Waals surface area contributed by atoms with Crippen molar-refractivity contribution in [3.8, 4) is 0 Å². The van der Waals surface area contributed by atoms with Gasteiger partial charge in [0.2, 0.25) is 0 Å². The fraction of sp³-hybridized carbons (Fsp3) is 0.316. The molecule has 1 fully saturated rings. The van der Waals surface area contributed by atoms with Gasteiger partial charge in [0.05, 0.1) is 23.1 Å². The van der Waals surface area contributed by atoms with Gasteiger partial charge >= 0.3 is 0 Å². The first-order valence-electron chi connectivity index (χ1n) is 8.28. The average molecular weight is 304 g/mol. The van der Waals surface area contributed by atoms with Gasteiger partial charge in [-0.25, -0.2) is 0 Å². The third-order valence-corrected chi connectivity index (χ3v) is 4.65. The number of pyridine rings is 2. The summed E-state index contributed by atoms with van der Waals surface area (Å²) in [4.78, 5) is 9.06. The first kappa shape index (κ1) is 14.1. The third-order valence-electron chi connectivity index (χ3n) is 4.65. The number of hydrogen-bond acceptors (Lipinski definition) is 4. The van der Waals surface area contributed by atoms with E-state index >= 15 is 0 Å². The molecule has 2 aromatic heterocycles. The van der Waals surface area contributed by atoms with Crippen molar-refractivity contribution >= 4 is 11.4 Å². The molecular formula is C19H20N4. The summed E-state index contributed by atoms with van der Waals surface area (Å²) < 4.78 is 0. The average Bonchev–Trinajstić information content (AvgIpc) is 2.64. The van der Waals surface area contributed by atoms with E-state index in [1.165, 1.54) is 32.1 Å². The fourth-order valence-corrected chi connectivity index (χ4v) is 3.48. The van der Waals surface area contributed by atoms with E-state index in [1.54, 1.807) is 0 Å². The van der Waals surface area contributed by atoms with Crippen LogP contribution in [-0.2, 0) is 0 Å². The van der Waals surface area contributed by atoms with Gasteiger partial charge in [0.25, 0.3) is 0 Å². The summed E-state index contributed by atoms with van der Waals surface area (Å²) in [6, 6.07) is 10.3. The van der Waals surface area contributed by atoms with Crippen LogP contribution < -0.4 is 0 Å². The standard InChI is InChI=1S/C19H20N4/c1-14-18-16(10-7-13-21-18)19(17-11-5-6-12-20-17)22-23(14)15-8-3-2-4-9-15/h5-7,10-13,15H,1-4,8-9H2. The minimum atomic E-state index is 0.421. The van der Waals surface area contributed by atoms with Crippen molar-refractivity contribution in [3.05, 3.63) is 66.3 Å². The highest BCUT2D eigenvalue weighted by atomic mass is 15.5. The molecule has 1 aliphatic heterocycles. The molecule has 4 rings (SSSR count). The molecular weight excluding hydrogens is 284 g/mol. The number of rotatable bonds is 2. The Morgan fingerprint density at radius 1 is 0.957 bits per heavy atom. The van der Waals surface area contributed by atoms with Crippen molar-refractivity contribution in [2.24, 2.45) is 5.10 Å². The van der Waals surface area contributed by atoms with Crippen molar-refractivity contribution in [2.45, 2.75) is 38.1 Å². The molecule has 0 amide bonds. The maximum Gasteiger partial charge on any atom is 0.119 e. The van der Waals surface area contributed by atoms with Crippen LogP contribution in [0.25, 0.3) is 5.70 Å². The van der Waals surface area contributed by atoms with Gasteiger partial charge in [-0.2, -0.15) is 5.10 Å². The molecule has 23 heavy (non-hydrogen) atoms. The molecule has 0 spiro atoms. The van der Waals surface area contributed by atoms with E-state index in [9.17, 15) is 0 Å². The topological polar surface area (TPSA) is 41.4 Å². The number of nitrogens with zero attached hydrogens (tertiary/aromatic N) is 4. The Morgan fingerprint density at radius 3 is 2.57 bits per heavy atom. The summed E-state index contributed by atoms with van der Waals surface area (Å²) in [7, 11) is 0. The Hall–Kier alpha value is -2.49. The number of aromatic nitrogens is 2. The lowest BCUT2D eigenvalue weighted by molar-refractivity contribution is 0.237. The maximum absolute atomic E-state index is 4.95. The van der Waals surface area contributed by atoms with E-state index in [2.05, 4.69) is 27.6 Å². The predicted molar refractivity (Wildman–Crippen MR) is 91.9 cm³/mol. The molecule has 1 saturated carbocycles. The Labute approximate surface area is 136 Å². The molecule has 4 nitrogen and oxygen atoms in total. The van der Waals surface area contributed by atoms with Crippen LogP contribution in [-0.4, -0.2) is 26.7 Å². The van der Waals surface area contributed by atoms with Gasteiger partial charge < -0.3 is 0 Å². The van der Waals surface area contributed by atoms with E-state index in [4.69, 9.17) is 5.10 Å². The summed E-state index contributed by atoms with van der Waals surface area (Å²) >= 11 is 0. The molecule has 0 bridgehead atoms. The molecule has 0 unspecified atom stereocenters. The number of fused-ring (bicyclic) bond motifs is 1. The van der Waals surface area contributed by atoms with Gasteiger partial charge in [0.15, 0.2) is 0 Å². The maximum atomic E-state index is 4.95. The summed E-state index contributed by atoms with van der Waals surface area (Å²) in [5.74, 6) is 0. The van der Waals surface area contributed by atoms with E-state index in [0.717, 1.165) is 28.4 Å². The summed E-state index contributed by atoms with van der Waals surface area (Å²) in [6.45, 7) is 4.28. The van der Waals surface area contributed by atoms with E-state index in [1.807, 2.05) is 36.7 Å². The van der Waals surface area contributed by atoms with Gasteiger partial charge in [0, 0.05) is 18.0 Å². The molecule has 0 aromatic carbocycles. The van der Waals surface area contributed by atoms with E-state index < -0.39 is 0 Å². The highest BCUT2D eigenvalue weighted by molar-refractivity contribution is 6.14. The molecule has 116 valence electrons. The molecule has 0 atom stereocenters. The lowest BCUT2D eigenvalue weighted by Gasteiger charge is -2.36. The number of hydrazone groups is 1. The second-order valence-corrected chi connectivity index (χ2v) is 6.15. The normalized spacial score (nSPS) is 18.5. The van der Waals surface area contributed by atoms with E-state index in [-0.39, 0.29) is 0 Å². The second-order valence-electron chi connectivity index (χ2n) is 6.15. The highest BCUT2D eigenvalue weighted by Gasteiger charge is 2.30. The Balaban J connectivity index is 1.82. The van der Waals surface area contributed by atoms with Crippen molar-refractivity contribution in [2.75, 3.05) is 0 Å². The predicted octanol–water partition coefficient (Wildman–Crippen LogP) is 3.85. The summed E-state index contributed by atoms with van der Waals surface area (Å²) in [6.07, 6.45) is 9.81. The van der Waals surface area contributed by atoms with Gasteiger partial charge in [-0.1, -0.05) is 31.9 Å². The van der Waals surface area contributed by atoms with Crippen LogP contribution in [0, 0.1) is 0 Å². The van der Waals surface area contributed by atoms with Crippen LogP contribution in [0.2, 0.25) is 0 Å². The molecule has 0 saturated heterocycles. The van der Waals surface area contributed by atoms with Gasteiger partial charge in [-0.05, 0) is 37.1 Å². The molecule has 4 heteroatoms. The Bertz CT molecular complexity index is 745. The fourth-order valence-electron chi connectivity index (χ4n) is 3.48. The first-order valence-corrected chi connectivity index (χ1v) is 8.28. The molecule has 0 N–H and O–H groups in total. The lowest BCUT2D eigenvalue weighted by atomic mass is 9.93. The second kappa shape index (κ2) is 5.95. The van der Waals surface area contributed by atoms with Crippen LogP contribution in [0.15, 0.2) is 54.4 Å². The van der Waals surface area contributed by atoms with Gasteiger partial charge in [0.1, 0.15) is 5.71 Å². The third kappa shape index (κ3) is 2.54. The van der Waals surface area contributed by atoms with Crippen LogP contribution in [0.4, 0.5) is 0 Å². The van der Waals surface area contributed by atoms with Crippen molar-refractivity contribution in [1.82, 2.24) is 15.0 Å². The zero-order chi connectivity index (χ0) is 15.6. The monoisotopic (exact) mass is 304 g/mol. The molecule has 1 aliphatic carbocycles. The minimum absolute atomic E-state index is 0.421. The first-order chi connectivity index (χ1) is 11.3. The Morgan fingerprint density at radius 2 is 1.78 bits per heavy atom. The van der Waals surface area contributed by atoms with Crippen LogP contribution in [0.5, 0.6) is 0 Å². The molecule has 2 aliphatic rings. The van der Waals surface area contributed by atoms with E-state index in [0.29, 0.717) is 6.04 Å². The quantitative estimate of drug-likeness (QED) is 0.846. The van der Waals surface area contributed by atoms with Gasteiger partial charge in [-0.15, -0.1) is 0 Å². The van der Waals surface area contributed by atoms with Crippen molar-refractivity contribution < 1.29 is 0 Å². The molecule has 3 heterocycles. The molecule has 2 aromatic rings. The van der Waals surface area contributed by atoms with Crippen LogP contribution in [0.3, 0.4) is 0 Å². The zero-order valence-electron chi connectivity index (χ0n) is 13.2.